The second-order valence-electron chi connectivity index (χ2n) is 2.51. The first-order valence-electron chi connectivity index (χ1n) is 3.63. The molecule has 1 atom stereocenters. The molecular weight excluding hydrogens is 195 g/mol. The molecule has 66 valence electrons. The van der Waals surface area contributed by atoms with Crippen LogP contribution in [0.4, 0.5) is 0 Å². The highest BCUT2D eigenvalue weighted by molar-refractivity contribution is 6.36. The fraction of sp³-hybridized carbons (Fsp3) is 0.333. The molecule has 0 aliphatic carbocycles. The molecular formula is C9H10Cl2O. The van der Waals surface area contributed by atoms with Gasteiger partial charge in [0.1, 0.15) is 0 Å². The maximum Gasteiger partial charge on any atom is 0.0822 e. The maximum absolute atomic E-state index is 5.94. The molecule has 0 amide bonds. The normalized spacial score (nSPS) is 13.0. The molecule has 1 aromatic carbocycles. The van der Waals surface area contributed by atoms with Crippen LogP contribution in [0.3, 0.4) is 0 Å². The van der Waals surface area contributed by atoms with Crippen LogP contribution >= 0.6 is 23.2 Å². The Morgan fingerprint density at radius 1 is 1.25 bits per heavy atom. The highest BCUT2D eigenvalue weighted by Gasteiger charge is 2.11. The van der Waals surface area contributed by atoms with E-state index >= 15 is 0 Å². The van der Waals surface area contributed by atoms with Crippen LogP contribution in [0.15, 0.2) is 18.2 Å². The lowest BCUT2D eigenvalue weighted by Crippen LogP contribution is -1.97. The molecule has 0 saturated carbocycles. The Balaban J connectivity index is 3.12. The minimum atomic E-state index is -0.0637. The summed E-state index contributed by atoms with van der Waals surface area (Å²) in [4.78, 5) is 0. The molecule has 12 heavy (non-hydrogen) atoms. The molecule has 0 N–H and O–H groups in total. The Labute approximate surface area is 82.2 Å². The van der Waals surface area contributed by atoms with Crippen molar-refractivity contribution in [2.75, 3.05) is 7.11 Å². The van der Waals surface area contributed by atoms with Crippen molar-refractivity contribution in [2.45, 2.75) is 13.0 Å². The van der Waals surface area contributed by atoms with E-state index in [-0.39, 0.29) is 6.10 Å². The van der Waals surface area contributed by atoms with Gasteiger partial charge in [0.15, 0.2) is 0 Å². The zero-order chi connectivity index (χ0) is 9.14. The number of methoxy groups -OCH3 is 1. The van der Waals surface area contributed by atoms with Gasteiger partial charge in [0.25, 0.3) is 0 Å². The summed E-state index contributed by atoms with van der Waals surface area (Å²) in [7, 11) is 1.63. The molecule has 1 nitrogen and oxygen atoms in total. The first-order valence-corrected chi connectivity index (χ1v) is 4.39. The lowest BCUT2D eigenvalue weighted by Gasteiger charge is -2.12. The van der Waals surface area contributed by atoms with Crippen molar-refractivity contribution in [3.05, 3.63) is 33.8 Å². The van der Waals surface area contributed by atoms with Crippen molar-refractivity contribution in [3.63, 3.8) is 0 Å². The maximum atomic E-state index is 5.94. The summed E-state index contributed by atoms with van der Waals surface area (Å²) in [6.45, 7) is 1.91. The standard InChI is InChI=1S/C9H10Cl2O/c1-6(12-2)9-7(10)4-3-5-8(9)11/h3-6H,1-2H3. The Morgan fingerprint density at radius 2 is 1.75 bits per heavy atom. The van der Waals surface area contributed by atoms with Gasteiger partial charge in [0, 0.05) is 22.7 Å². The van der Waals surface area contributed by atoms with Gasteiger partial charge in [-0.2, -0.15) is 0 Å². The Kier molecular flexibility index (Phi) is 3.39. The monoisotopic (exact) mass is 204 g/mol. The minimum absolute atomic E-state index is 0.0637. The fourth-order valence-electron chi connectivity index (χ4n) is 1.02. The first-order chi connectivity index (χ1) is 5.66. The van der Waals surface area contributed by atoms with Gasteiger partial charge < -0.3 is 4.74 Å². The Hall–Kier alpha value is -0.240. The fourth-order valence-corrected chi connectivity index (χ4v) is 1.72. The van der Waals surface area contributed by atoms with Gasteiger partial charge in [-0.05, 0) is 19.1 Å². The van der Waals surface area contributed by atoms with E-state index in [0.717, 1.165) is 5.56 Å². The van der Waals surface area contributed by atoms with E-state index in [9.17, 15) is 0 Å². The molecule has 0 aliphatic rings. The van der Waals surface area contributed by atoms with Gasteiger partial charge in [-0.1, -0.05) is 29.3 Å². The van der Waals surface area contributed by atoms with E-state index < -0.39 is 0 Å². The molecule has 0 heterocycles. The topological polar surface area (TPSA) is 9.23 Å². The smallest absolute Gasteiger partial charge is 0.0822 e. The predicted molar refractivity (Wildman–Crippen MR) is 51.9 cm³/mol. The van der Waals surface area contributed by atoms with Gasteiger partial charge in [-0.15, -0.1) is 0 Å². The van der Waals surface area contributed by atoms with Crippen LogP contribution in [0, 0.1) is 0 Å². The van der Waals surface area contributed by atoms with Gasteiger partial charge in [-0.3, -0.25) is 0 Å². The summed E-state index contributed by atoms with van der Waals surface area (Å²) in [6, 6.07) is 5.42. The lowest BCUT2D eigenvalue weighted by molar-refractivity contribution is 0.119. The second-order valence-corrected chi connectivity index (χ2v) is 3.33. The summed E-state index contributed by atoms with van der Waals surface area (Å²) in [5.41, 5.74) is 0.850. The molecule has 3 heteroatoms. The Bertz CT molecular complexity index is 253. The van der Waals surface area contributed by atoms with Gasteiger partial charge in [0.2, 0.25) is 0 Å². The number of hydrogen-bond acceptors (Lipinski definition) is 1. The predicted octanol–water partition coefficient (Wildman–Crippen LogP) is 3.70. The third-order valence-electron chi connectivity index (χ3n) is 1.76. The van der Waals surface area contributed by atoms with E-state index in [0.29, 0.717) is 10.0 Å². The highest BCUT2D eigenvalue weighted by Crippen LogP contribution is 2.31. The number of ether oxygens (including phenoxy) is 1. The summed E-state index contributed by atoms with van der Waals surface area (Å²) in [6.07, 6.45) is -0.0637. The van der Waals surface area contributed by atoms with Crippen molar-refractivity contribution in [2.24, 2.45) is 0 Å². The molecule has 0 radical (unpaired) electrons. The van der Waals surface area contributed by atoms with E-state index in [1.807, 2.05) is 13.0 Å². The van der Waals surface area contributed by atoms with E-state index in [1.54, 1.807) is 19.2 Å². The second kappa shape index (κ2) is 4.13. The summed E-state index contributed by atoms with van der Waals surface area (Å²) >= 11 is 11.9. The SMILES string of the molecule is COC(C)c1c(Cl)cccc1Cl. The van der Waals surface area contributed by atoms with Crippen molar-refractivity contribution < 1.29 is 4.74 Å². The van der Waals surface area contributed by atoms with Crippen molar-refractivity contribution in [1.29, 1.82) is 0 Å². The van der Waals surface area contributed by atoms with Crippen LogP contribution in [0.1, 0.15) is 18.6 Å². The zero-order valence-corrected chi connectivity index (χ0v) is 8.49. The van der Waals surface area contributed by atoms with Crippen molar-refractivity contribution in [3.8, 4) is 0 Å². The van der Waals surface area contributed by atoms with Crippen LogP contribution in [0.5, 0.6) is 0 Å². The van der Waals surface area contributed by atoms with Crippen LogP contribution < -0.4 is 0 Å². The first kappa shape index (κ1) is 9.85. The molecule has 0 spiro atoms. The third-order valence-corrected chi connectivity index (χ3v) is 2.42. The quantitative estimate of drug-likeness (QED) is 0.715. The molecule has 1 unspecified atom stereocenters. The van der Waals surface area contributed by atoms with E-state index in [4.69, 9.17) is 27.9 Å². The zero-order valence-electron chi connectivity index (χ0n) is 6.97. The largest absolute Gasteiger partial charge is 0.377 e. The van der Waals surface area contributed by atoms with Crippen LogP contribution in [0.2, 0.25) is 10.0 Å². The van der Waals surface area contributed by atoms with Crippen molar-refractivity contribution >= 4 is 23.2 Å². The number of hydrogen-bond donors (Lipinski definition) is 0. The summed E-state index contributed by atoms with van der Waals surface area (Å²) in [5.74, 6) is 0. The molecule has 1 rings (SSSR count). The summed E-state index contributed by atoms with van der Waals surface area (Å²) < 4.78 is 5.13. The van der Waals surface area contributed by atoms with Crippen LogP contribution in [0.25, 0.3) is 0 Å². The molecule has 0 bridgehead atoms. The van der Waals surface area contributed by atoms with Gasteiger partial charge in [0.05, 0.1) is 6.10 Å². The van der Waals surface area contributed by atoms with E-state index in [2.05, 4.69) is 0 Å². The molecule has 0 aromatic heterocycles. The number of halogens is 2. The summed E-state index contributed by atoms with van der Waals surface area (Å²) in [5, 5.41) is 1.30. The highest BCUT2D eigenvalue weighted by atomic mass is 35.5. The Morgan fingerprint density at radius 3 is 2.17 bits per heavy atom. The minimum Gasteiger partial charge on any atom is -0.377 e. The molecule has 0 saturated heterocycles. The van der Waals surface area contributed by atoms with Gasteiger partial charge in [-0.25, -0.2) is 0 Å². The number of rotatable bonds is 2. The van der Waals surface area contributed by atoms with Crippen LogP contribution in [-0.2, 0) is 4.74 Å². The van der Waals surface area contributed by atoms with Crippen molar-refractivity contribution in [1.82, 2.24) is 0 Å². The van der Waals surface area contributed by atoms with E-state index in [1.165, 1.54) is 0 Å². The third kappa shape index (κ3) is 1.92. The molecule has 1 aromatic rings. The average molecular weight is 205 g/mol. The average Bonchev–Trinajstić information content (AvgIpc) is 2.03. The number of benzene rings is 1. The van der Waals surface area contributed by atoms with Crippen LogP contribution in [-0.4, -0.2) is 7.11 Å². The molecule has 0 fully saturated rings. The van der Waals surface area contributed by atoms with Gasteiger partial charge >= 0.3 is 0 Å². The lowest BCUT2D eigenvalue weighted by atomic mass is 10.1. The molecule has 0 aliphatic heterocycles.